The maximum atomic E-state index is 13.6. The maximum Gasteiger partial charge on any atom is 0.274 e. The maximum absolute atomic E-state index is 13.6. The average Bonchev–Trinajstić information content (AvgIpc) is 3.14. The fraction of sp³-hybridized carbons (Fsp3) is 0.304. The predicted octanol–water partition coefficient (Wildman–Crippen LogP) is 5.67. The van der Waals surface area contributed by atoms with Crippen LogP contribution < -0.4 is 4.74 Å². The van der Waals surface area contributed by atoms with Crippen LogP contribution in [0.3, 0.4) is 0 Å². The quantitative estimate of drug-likeness (QED) is 0.511. The smallest absolute Gasteiger partial charge is 0.274 e. The zero-order valence-electron chi connectivity index (χ0n) is 16.1. The lowest BCUT2D eigenvalue weighted by Gasteiger charge is -2.53. The number of carbonyl (C=O) groups is 1. The molecule has 1 saturated carbocycles. The van der Waals surface area contributed by atoms with Crippen molar-refractivity contribution in [2.24, 2.45) is 5.92 Å². The van der Waals surface area contributed by atoms with Crippen molar-refractivity contribution in [3.63, 3.8) is 0 Å². The van der Waals surface area contributed by atoms with Gasteiger partial charge in [0.2, 0.25) is 0 Å². The molecule has 7 heteroatoms. The third-order valence-corrected chi connectivity index (χ3v) is 7.14. The lowest BCUT2D eigenvalue weighted by molar-refractivity contribution is -0.0308. The number of amides is 1. The van der Waals surface area contributed by atoms with Crippen molar-refractivity contribution in [1.82, 2.24) is 9.88 Å². The minimum atomic E-state index is -0.299. The molecular weight excluding hydrogens is 423 g/mol. The fourth-order valence-electron chi connectivity index (χ4n) is 4.47. The zero-order chi connectivity index (χ0) is 20.7. The monoisotopic (exact) mass is 442 g/mol. The Morgan fingerprint density at radius 2 is 1.87 bits per heavy atom. The molecule has 154 valence electrons. The second kappa shape index (κ2) is 8.00. The molecule has 1 amide bonds. The van der Waals surface area contributed by atoms with Gasteiger partial charge in [-0.2, -0.15) is 0 Å². The second-order valence-corrected chi connectivity index (χ2v) is 9.45. The molecular formula is C23H20ClFN2O2S. The van der Waals surface area contributed by atoms with E-state index in [4.69, 9.17) is 16.3 Å². The molecule has 1 atom stereocenters. The van der Waals surface area contributed by atoms with Gasteiger partial charge in [-0.1, -0.05) is 41.9 Å². The number of carbonyl (C=O) groups excluding carboxylic acids is 1. The van der Waals surface area contributed by atoms with Crippen LogP contribution in [-0.2, 0) is 0 Å². The van der Waals surface area contributed by atoms with E-state index in [1.807, 2.05) is 35.2 Å². The summed E-state index contributed by atoms with van der Waals surface area (Å²) >= 11 is 7.54. The molecule has 0 radical (unpaired) electrons. The lowest BCUT2D eigenvalue weighted by Crippen LogP contribution is -2.60. The average molecular weight is 443 g/mol. The van der Waals surface area contributed by atoms with Crippen LogP contribution in [0.1, 0.15) is 29.8 Å². The molecule has 2 aromatic carbocycles. The minimum Gasteiger partial charge on any atom is -0.491 e. The number of halogens is 2. The molecule has 2 bridgehead atoms. The molecule has 6 rings (SSSR count). The second-order valence-electron chi connectivity index (χ2n) is 7.87. The Labute approximate surface area is 183 Å². The van der Waals surface area contributed by atoms with Gasteiger partial charge in [0.15, 0.2) is 4.47 Å². The van der Waals surface area contributed by atoms with Crippen molar-refractivity contribution in [3.8, 4) is 16.2 Å². The van der Waals surface area contributed by atoms with Gasteiger partial charge < -0.3 is 9.64 Å². The largest absolute Gasteiger partial charge is 0.491 e. The van der Waals surface area contributed by atoms with Gasteiger partial charge in [-0.15, -0.1) is 11.3 Å². The Morgan fingerprint density at radius 3 is 2.60 bits per heavy atom. The van der Waals surface area contributed by atoms with Crippen LogP contribution in [0.15, 0.2) is 54.6 Å². The van der Waals surface area contributed by atoms with E-state index >= 15 is 0 Å². The van der Waals surface area contributed by atoms with E-state index in [2.05, 4.69) is 4.98 Å². The van der Waals surface area contributed by atoms with Gasteiger partial charge in [-0.3, -0.25) is 4.79 Å². The van der Waals surface area contributed by atoms with Crippen molar-refractivity contribution in [3.05, 3.63) is 70.6 Å². The van der Waals surface area contributed by atoms with E-state index in [9.17, 15) is 9.18 Å². The molecule has 1 unspecified atom stereocenters. The molecule has 3 heterocycles. The molecule has 2 saturated heterocycles. The third-order valence-electron chi connectivity index (χ3n) is 5.93. The van der Waals surface area contributed by atoms with Gasteiger partial charge in [0, 0.05) is 6.04 Å². The first-order valence-electron chi connectivity index (χ1n) is 10.0. The number of aromatic nitrogens is 1. The van der Waals surface area contributed by atoms with Crippen LogP contribution in [0.25, 0.3) is 10.4 Å². The predicted molar refractivity (Wildman–Crippen MR) is 116 cm³/mol. The summed E-state index contributed by atoms with van der Waals surface area (Å²) in [4.78, 5) is 20.7. The van der Waals surface area contributed by atoms with Crippen molar-refractivity contribution in [1.29, 1.82) is 0 Å². The highest BCUT2D eigenvalue weighted by Gasteiger charge is 2.47. The molecule has 4 nitrogen and oxygen atoms in total. The SMILES string of the molecule is O=C(c1nc(Cl)sc1-c1ccccc1)N1C(COc2ccc(F)cc2)CC2CC1C2. The summed E-state index contributed by atoms with van der Waals surface area (Å²) in [6.45, 7) is 0.378. The van der Waals surface area contributed by atoms with E-state index < -0.39 is 0 Å². The fourth-order valence-corrected chi connectivity index (χ4v) is 5.57. The summed E-state index contributed by atoms with van der Waals surface area (Å²) in [6, 6.07) is 15.9. The van der Waals surface area contributed by atoms with Crippen LogP contribution in [0, 0.1) is 11.7 Å². The molecule has 2 aliphatic heterocycles. The molecule has 3 aromatic rings. The first-order valence-corrected chi connectivity index (χ1v) is 11.2. The molecule has 3 fully saturated rings. The van der Waals surface area contributed by atoms with Crippen molar-refractivity contribution in [2.45, 2.75) is 31.3 Å². The zero-order valence-corrected chi connectivity index (χ0v) is 17.7. The Bertz CT molecular complexity index is 1050. The van der Waals surface area contributed by atoms with Gasteiger partial charge in [0.1, 0.15) is 23.9 Å². The topological polar surface area (TPSA) is 42.4 Å². The lowest BCUT2D eigenvalue weighted by atomic mass is 9.70. The standard InChI is InChI=1S/C23H20ClFN2O2S/c24-23-26-20(21(30-23)15-4-2-1-3-5-15)22(28)27-17-10-14(11-17)12-18(27)13-29-19-8-6-16(25)7-9-19/h1-9,14,17-18H,10-13H2. The number of fused-ring (bicyclic) bond motifs is 2. The molecule has 1 aliphatic carbocycles. The number of benzene rings is 2. The highest BCUT2D eigenvalue weighted by molar-refractivity contribution is 7.19. The molecule has 0 spiro atoms. The molecule has 3 aliphatic rings. The normalized spacial score (nSPS) is 22.5. The van der Waals surface area contributed by atoms with Crippen LogP contribution in [-0.4, -0.2) is 34.5 Å². The third kappa shape index (κ3) is 3.70. The molecule has 0 N–H and O–H groups in total. The van der Waals surface area contributed by atoms with E-state index in [1.54, 1.807) is 12.1 Å². The number of nitrogens with zero attached hydrogens (tertiary/aromatic N) is 2. The van der Waals surface area contributed by atoms with Crippen LogP contribution in [0.4, 0.5) is 4.39 Å². The van der Waals surface area contributed by atoms with Gasteiger partial charge in [-0.05, 0) is 55.0 Å². The first-order chi connectivity index (χ1) is 14.6. The Balaban J connectivity index is 1.40. The van der Waals surface area contributed by atoms with E-state index in [1.165, 1.54) is 23.5 Å². The Kier molecular flexibility index (Phi) is 5.21. The van der Waals surface area contributed by atoms with Crippen molar-refractivity contribution in [2.75, 3.05) is 6.61 Å². The number of ether oxygens (including phenoxy) is 1. The summed E-state index contributed by atoms with van der Waals surface area (Å²) < 4.78 is 19.4. The van der Waals surface area contributed by atoms with Crippen LogP contribution in [0.5, 0.6) is 5.75 Å². The Hall–Kier alpha value is -2.44. The van der Waals surface area contributed by atoms with E-state index in [-0.39, 0.29) is 23.8 Å². The van der Waals surface area contributed by atoms with Gasteiger partial charge in [0.25, 0.3) is 5.91 Å². The number of hydrogen-bond acceptors (Lipinski definition) is 4. The molecule has 1 aromatic heterocycles. The number of rotatable bonds is 5. The van der Waals surface area contributed by atoms with Gasteiger partial charge in [0.05, 0.1) is 10.9 Å². The highest BCUT2D eigenvalue weighted by Crippen LogP contribution is 2.44. The van der Waals surface area contributed by atoms with Gasteiger partial charge in [-0.25, -0.2) is 9.37 Å². The summed E-state index contributed by atoms with van der Waals surface area (Å²) in [5, 5.41) is 0. The van der Waals surface area contributed by atoms with Crippen LogP contribution >= 0.6 is 22.9 Å². The number of hydrogen-bond donors (Lipinski definition) is 0. The summed E-state index contributed by atoms with van der Waals surface area (Å²) in [7, 11) is 0. The van der Waals surface area contributed by atoms with Gasteiger partial charge >= 0.3 is 0 Å². The van der Waals surface area contributed by atoms with E-state index in [0.717, 1.165) is 29.7 Å². The summed E-state index contributed by atoms with van der Waals surface area (Å²) in [6.07, 6.45) is 2.95. The van der Waals surface area contributed by atoms with Crippen molar-refractivity contribution < 1.29 is 13.9 Å². The summed E-state index contributed by atoms with van der Waals surface area (Å²) in [5.74, 6) is 0.845. The Morgan fingerprint density at radius 1 is 1.13 bits per heavy atom. The van der Waals surface area contributed by atoms with Crippen LogP contribution in [0.2, 0.25) is 4.47 Å². The number of thiazole rings is 1. The molecule has 30 heavy (non-hydrogen) atoms. The van der Waals surface area contributed by atoms with Crippen molar-refractivity contribution >= 4 is 28.8 Å². The van der Waals surface area contributed by atoms with E-state index in [0.29, 0.717) is 28.4 Å². The first kappa shape index (κ1) is 19.5. The highest BCUT2D eigenvalue weighted by atomic mass is 35.5. The number of piperidine rings is 2. The minimum absolute atomic E-state index is 0.0378. The summed E-state index contributed by atoms with van der Waals surface area (Å²) in [5.41, 5.74) is 1.35.